The Bertz CT molecular complexity index is 2940. The highest BCUT2D eigenvalue weighted by molar-refractivity contribution is 7.26. The highest BCUT2D eigenvalue weighted by atomic mass is 32.1. The monoisotopic (exact) mass is 705 g/mol. The van der Waals surface area contributed by atoms with Crippen LogP contribution in [0.15, 0.2) is 212 Å². The van der Waals surface area contributed by atoms with E-state index >= 15 is 0 Å². The highest BCUT2D eigenvalue weighted by Gasteiger charge is 2.23. The van der Waals surface area contributed by atoms with E-state index in [4.69, 9.17) is 0 Å². The van der Waals surface area contributed by atoms with Crippen molar-refractivity contribution in [3.05, 3.63) is 212 Å². The molecule has 0 unspecified atom stereocenters. The summed E-state index contributed by atoms with van der Waals surface area (Å²) in [5.74, 6) is 0. The first-order chi connectivity index (χ1) is 26.8. The Morgan fingerprint density at radius 1 is 0.315 bits per heavy atom. The Labute approximate surface area is 319 Å². The molecule has 54 heavy (non-hydrogen) atoms. The van der Waals surface area contributed by atoms with Crippen LogP contribution in [0.3, 0.4) is 0 Å². The molecule has 10 rings (SSSR count). The van der Waals surface area contributed by atoms with Crippen molar-refractivity contribution >= 4 is 59.3 Å². The lowest BCUT2D eigenvalue weighted by atomic mass is 9.88. The molecule has 10 aromatic rings. The van der Waals surface area contributed by atoms with Gasteiger partial charge in [0, 0.05) is 31.4 Å². The standard InChI is InChI=1S/C52H35NS/c1-2-16-38(17-3-1)42-19-6-7-20-43(42)44-21-8-9-22-45(44)46-23-10-12-25-48(46)53(49-26-14-28-51-52(49)47-24-11-13-27-50(47)54-51)41-33-31-37(32-34-41)40-30-29-36-15-4-5-18-39(36)35-40/h1-35H. The molecule has 1 nitrogen and oxygen atoms in total. The maximum Gasteiger partial charge on any atom is 0.0555 e. The van der Waals surface area contributed by atoms with E-state index in [2.05, 4.69) is 217 Å². The predicted molar refractivity (Wildman–Crippen MR) is 233 cm³/mol. The van der Waals surface area contributed by atoms with Crippen LogP contribution >= 0.6 is 11.3 Å². The van der Waals surface area contributed by atoms with Crippen molar-refractivity contribution in [2.24, 2.45) is 0 Å². The summed E-state index contributed by atoms with van der Waals surface area (Å²) in [4.78, 5) is 2.47. The third kappa shape index (κ3) is 5.65. The number of hydrogen-bond donors (Lipinski definition) is 0. The third-order valence-electron chi connectivity index (χ3n) is 10.5. The van der Waals surface area contributed by atoms with Crippen molar-refractivity contribution in [2.75, 3.05) is 4.90 Å². The van der Waals surface area contributed by atoms with Crippen LogP contribution < -0.4 is 4.90 Å². The van der Waals surface area contributed by atoms with Gasteiger partial charge in [0.2, 0.25) is 0 Å². The lowest BCUT2D eigenvalue weighted by Crippen LogP contribution is -2.11. The van der Waals surface area contributed by atoms with E-state index in [-0.39, 0.29) is 0 Å². The molecule has 0 aliphatic carbocycles. The van der Waals surface area contributed by atoms with Gasteiger partial charge in [-0.15, -0.1) is 11.3 Å². The minimum atomic E-state index is 1.11. The van der Waals surface area contributed by atoms with E-state index < -0.39 is 0 Å². The van der Waals surface area contributed by atoms with Gasteiger partial charge >= 0.3 is 0 Å². The molecule has 254 valence electrons. The van der Waals surface area contributed by atoms with E-state index in [1.807, 2.05) is 11.3 Å². The van der Waals surface area contributed by atoms with Crippen LogP contribution in [0.2, 0.25) is 0 Å². The summed E-state index contributed by atoms with van der Waals surface area (Å²) < 4.78 is 2.57. The molecule has 1 aromatic heterocycles. The fourth-order valence-electron chi connectivity index (χ4n) is 7.96. The van der Waals surface area contributed by atoms with Crippen LogP contribution in [0.4, 0.5) is 17.1 Å². The van der Waals surface area contributed by atoms with Gasteiger partial charge in [-0.1, -0.05) is 170 Å². The van der Waals surface area contributed by atoms with Crippen LogP contribution in [-0.4, -0.2) is 0 Å². The largest absolute Gasteiger partial charge is 0.309 e. The Morgan fingerprint density at radius 2 is 0.870 bits per heavy atom. The lowest BCUT2D eigenvalue weighted by Gasteiger charge is -2.29. The van der Waals surface area contributed by atoms with Crippen LogP contribution in [0, 0.1) is 0 Å². The summed E-state index contributed by atoms with van der Waals surface area (Å²) in [6, 6.07) is 77.2. The number of thiophene rings is 1. The maximum absolute atomic E-state index is 2.47. The Balaban J connectivity index is 1.18. The number of anilines is 3. The Kier molecular flexibility index (Phi) is 8.09. The zero-order chi connectivity index (χ0) is 35.8. The average Bonchev–Trinajstić information content (AvgIpc) is 3.64. The van der Waals surface area contributed by atoms with Crippen molar-refractivity contribution in [1.82, 2.24) is 0 Å². The number of hydrogen-bond acceptors (Lipinski definition) is 2. The van der Waals surface area contributed by atoms with Crippen molar-refractivity contribution in [2.45, 2.75) is 0 Å². The smallest absolute Gasteiger partial charge is 0.0555 e. The Morgan fingerprint density at radius 3 is 1.67 bits per heavy atom. The molecule has 2 heteroatoms. The summed E-state index contributed by atoms with van der Waals surface area (Å²) >= 11 is 1.86. The highest BCUT2D eigenvalue weighted by Crippen LogP contribution is 2.49. The van der Waals surface area contributed by atoms with Gasteiger partial charge in [-0.3, -0.25) is 0 Å². The van der Waals surface area contributed by atoms with E-state index in [0.29, 0.717) is 0 Å². The average molecular weight is 706 g/mol. The number of para-hydroxylation sites is 1. The fraction of sp³-hybridized carbons (Fsp3) is 0. The summed E-state index contributed by atoms with van der Waals surface area (Å²) in [5, 5.41) is 5.05. The first kappa shape index (κ1) is 32.0. The molecule has 0 atom stereocenters. The molecule has 0 N–H and O–H groups in total. The molecular formula is C52H35NS. The molecule has 0 bridgehead atoms. The molecule has 0 radical (unpaired) electrons. The van der Waals surface area contributed by atoms with Gasteiger partial charge in [0.1, 0.15) is 0 Å². The summed E-state index contributed by atoms with van der Waals surface area (Å²) in [5.41, 5.74) is 13.0. The van der Waals surface area contributed by atoms with E-state index in [0.717, 1.165) is 17.1 Å². The van der Waals surface area contributed by atoms with Crippen LogP contribution in [0.1, 0.15) is 0 Å². The second kappa shape index (κ2) is 13.7. The number of rotatable bonds is 7. The summed E-state index contributed by atoms with van der Waals surface area (Å²) in [7, 11) is 0. The van der Waals surface area contributed by atoms with E-state index in [1.165, 1.54) is 75.5 Å². The quantitative estimate of drug-likeness (QED) is 0.160. The molecule has 0 saturated carbocycles. The second-order valence-corrected chi connectivity index (χ2v) is 14.8. The zero-order valence-electron chi connectivity index (χ0n) is 29.6. The van der Waals surface area contributed by atoms with Gasteiger partial charge in [-0.2, -0.15) is 0 Å². The van der Waals surface area contributed by atoms with Crippen molar-refractivity contribution in [3.8, 4) is 44.5 Å². The molecule has 0 spiro atoms. The van der Waals surface area contributed by atoms with Gasteiger partial charge in [0.05, 0.1) is 11.4 Å². The minimum Gasteiger partial charge on any atom is -0.309 e. The molecule has 0 fully saturated rings. The van der Waals surface area contributed by atoms with E-state index in [1.54, 1.807) is 0 Å². The SMILES string of the molecule is c1ccc(-c2ccccc2-c2ccccc2-c2ccccc2N(c2ccc(-c3ccc4ccccc4c3)cc2)c2cccc3sc4ccccc4c23)cc1. The van der Waals surface area contributed by atoms with Gasteiger partial charge in [0.15, 0.2) is 0 Å². The van der Waals surface area contributed by atoms with Crippen molar-refractivity contribution in [1.29, 1.82) is 0 Å². The number of benzene rings is 9. The molecule has 9 aromatic carbocycles. The van der Waals surface area contributed by atoms with Crippen LogP contribution in [0.5, 0.6) is 0 Å². The Hall–Kier alpha value is -6.74. The maximum atomic E-state index is 2.47. The molecule has 0 saturated heterocycles. The van der Waals surface area contributed by atoms with Crippen molar-refractivity contribution < 1.29 is 0 Å². The van der Waals surface area contributed by atoms with Crippen LogP contribution in [0.25, 0.3) is 75.5 Å². The number of fused-ring (bicyclic) bond motifs is 4. The molecular weight excluding hydrogens is 671 g/mol. The first-order valence-electron chi connectivity index (χ1n) is 18.4. The third-order valence-corrected chi connectivity index (χ3v) is 11.6. The van der Waals surface area contributed by atoms with Crippen LogP contribution in [-0.2, 0) is 0 Å². The summed E-state index contributed by atoms with van der Waals surface area (Å²) in [6.07, 6.45) is 0. The predicted octanol–water partition coefficient (Wildman–Crippen LogP) is 15.3. The molecule has 0 aliphatic heterocycles. The topological polar surface area (TPSA) is 3.24 Å². The molecule has 0 amide bonds. The second-order valence-electron chi connectivity index (χ2n) is 13.7. The van der Waals surface area contributed by atoms with Crippen molar-refractivity contribution in [3.63, 3.8) is 0 Å². The lowest BCUT2D eigenvalue weighted by molar-refractivity contribution is 1.30. The fourth-order valence-corrected chi connectivity index (χ4v) is 9.09. The molecule has 0 aliphatic rings. The van der Waals surface area contributed by atoms with Gasteiger partial charge in [-0.05, 0) is 92.2 Å². The van der Waals surface area contributed by atoms with E-state index in [9.17, 15) is 0 Å². The van der Waals surface area contributed by atoms with Gasteiger partial charge in [-0.25, -0.2) is 0 Å². The summed E-state index contributed by atoms with van der Waals surface area (Å²) in [6.45, 7) is 0. The molecule has 1 heterocycles. The van der Waals surface area contributed by atoms with Gasteiger partial charge in [0.25, 0.3) is 0 Å². The zero-order valence-corrected chi connectivity index (χ0v) is 30.4. The number of nitrogens with zero attached hydrogens (tertiary/aromatic N) is 1. The minimum absolute atomic E-state index is 1.11. The first-order valence-corrected chi connectivity index (χ1v) is 19.2. The normalized spacial score (nSPS) is 11.3. The van der Waals surface area contributed by atoms with Gasteiger partial charge < -0.3 is 4.90 Å².